The van der Waals surface area contributed by atoms with Crippen LogP contribution in [0.4, 0.5) is 10.5 Å². The van der Waals surface area contributed by atoms with Crippen molar-refractivity contribution < 1.29 is 21.6 Å². The van der Waals surface area contributed by atoms with Crippen LogP contribution in [0.25, 0.3) is 0 Å². The van der Waals surface area contributed by atoms with E-state index in [1.807, 2.05) is 0 Å². The average molecular weight is 433 g/mol. The van der Waals surface area contributed by atoms with Crippen LogP contribution in [-0.2, 0) is 20.0 Å². The van der Waals surface area contributed by atoms with E-state index in [-0.39, 0.29) is 30.9 Å². The predicted octanol–water partition coefficient (Wildman–Crippen LogP) is 0.932. The summed E-state index contributed by atoms with van der Waals surface area (Å²) in [5, 5.41) is 2.66. The molecular weight excluding hydrogens is 404 g/mol. The number of hydrogen-bond acceptors (Lipinski definition) is 5. The van der Waals surface area contributed by atoms with Gasteiger partial charge in [0.05, 0.1) is 12.0 Å². The summed E-state index contributed by atoms with van der Waals surface area (Å²) in [7, 11) is -6.83. The van der Waals surface area contributed by atoms with E-state index in [0.717, 1.165) is 25.5 Å². The van der Waals surface area contributed by atoms with E-state index in [9.17, 15) is 21.6 Å². The molecule has 1 unspecified atom stereocenters. The fourth-order valence-corrected chi connectivity index (χ4v) is 4.57. The minimum absolute atomic E-state index is 0.00813. The Hall–Kier alpha value is -1.85. The van der Waals surface area contributed by atoms with Crippen LogP contribution in [0, 0.1) is 0 Å². The fourth-order valence-electron chi connectivity index (χ4n) is 3.11. The van der Waals surface area contributed by atoms with Crippen molar-refractivity contribution in [1.82, 2.24) is 14.9 Å². The Kier molecular flexibility index (Phi) is 8.08. The van der Waals surface area contributed by atoms with E-state index in [1.165, 1.54) is 0 Å². The molecule has 28 heavy (non-hydrogen) atoms. The number of urea groups is 1. The molecular formula is C17H28N4O5S2. The number of sulfonamides is 2. The summed E-state index contributed by atoms with van der Waals surface area (Å²) in [6.45, 7) is 0.832. The number of rotatable bonds is 9. The second kappa shape index (κ2) is 10.1. The van der Waals surface area contributed by atoms with Crippen molar-refractivity contribution in [3.8, 4) is 0 Å². The number of nitrogens with zero attached hydrogens (tertiary/aromatic N) is 1. The van der Waals surface area contributed by atoms with Crippen molar-refractivity contribution in [2.24, 2.45) is 0 Å². The Bertz CT molecular complexity index is 844. The summed E-state index contributed by atoms with van der Waals surface area (Å²) in [5.41, 5.74) is 0.475. The van der Waals surface area contributed by atoms with Crippen LogP contribution in [0.1, 0.15) is 25.7 Å². The monoisotopic (exact) mass is 432 g/mol. The number of amides is 2. The maximum atomic E-state index is 12.5. The predicted molar refractivity (Wildman–Crippen MR) is 109 cm³/mol. The van der Waals surface area contributed by atoms with Gasteiger partial charge in [-0.05, 0) is 37.8 Å². The highest BCUT2D eigenvalue weighted by atomic mass is 32.2. The Balaban J connectivity index is 1.81. The largest absolute Gasteiger partial charge is 0.337 e. The molecule has 0 aliphatic carbocycles. The van der Waals surface area contributed by atoms with Crippen LogP contribution < -0.4 is 14.8 Å². The second-order valence-electron chi connectivity index (χ2n) is 6.82. The molecule has 0 aromatic heterocycles. The SMILES string of the molecule is CS(=O)(=O)NCCC1CCCCN1C(=O)NCCS(=O)(=O)Nc1ccccc1. The van der Waals surface area contributed by atoms with Gasteiger partial charge in [-0.15, -0.1) is 0 Å². The molecule has 0 spiro atoms. The molecule has 11 heteroatoms. The Morgan fingerprint density at radius 3 is 2.50 bits per heavy atom. The molecule has 158 valence electrons. The number of nitrogens with one attached hydrogen (secondary N) is 3. The molecule has 1 saturated heterocycles. The highest BCUT2D eigenvalue weighted by Gasteiger charge is 2.26. The van der Waals surface area contributed by atoms with Crippen molar-refractivity contribution in [3.63, 3.8) is 0 Å². The van der Waals surface area contributed by atoms with E-state index in [2.05, 4.69) is 14.8 Å². The van der Waals surface area contributed by atoms with Crippen molar-refractivity contribution in [2.45, 2.75) is 31.7 Å². The van der Waals surface area contributed by atoms with Gasteiger partial charge in [0.15, 0.2) is 0 Å². The van der Waals surface area contributed by atoms with Crippen LogP contribution in [0.5, 0.6) is 0 Å². The topological polar surface area (TPSA) is 125 Å². The lowest BCUT2D eigenvalue weighted by Crippen LogP contribution is -2.50. The number of hydrogen-bond donors (Lipinski definition) is 3. The minimum Gasteiger partial charge on any atom is -0.337 e. The summed E-state index contributed by atoms with van der Waals surface area (Å²) in [5.74, 6) is -0.234. The first-order valence-corrected chi connectivity index (χ1v) is 12.8. The number of para-hydroxylation sites is 1. The van der Waals surface area contributed by atoms with Gasteiger partial charge in [-0.25, -0.2) is 26.4 Å². The zero-order chi connectivity index (χ0) is 20.6. The number of carbonyl (C=O) groups is 1. The number of piperidine rings is 1. The van der Waals surface area contributed by atoms with Crippen LogP contribution in [-0.4, -0.2) is 65.5 Å². The summed E-state index contributed by atoms with van der Waals surface area (Å²) >= 11 is 0. The third-order valence-corrected chi connectivity index (χ3v) is 6.44. The lowest BCUT2D eigenvalue weighted by Gasteiger charge is -2.35. The molecule has 1 aliphatic heterocycles. The van der Waals surface area contributed by atoms with Crippen molar-refractivity contribution in [2.75, 3.05) is 36.4 Å². The van der Waals surface area contributed by atoms with Crippen molar-refractivity contribution in [1.29, 1.82) is 0 Å². The molecule has 3 N–H and O–H groups in total. The first-order chi connectivity index (χ1) is 13.2. The first kappa shape index (κ1) is 22.4. The van der Waals surface area contributed by atoms with Crippen LogP contribution in [0.15, 0.2) is 30.3 Å². The van der Waals surface area contributed by atoms with Gasteiger partial charge >= 0.3 is 6.03 Å². The quantitative estimate of drug-likeness (QED) is 0.535. The number of anilines is 1. The van der Waals surface area contributed by atoms with E-state index < -0.39 is 20.0 Å². The number of carbonyl (C=O) groups excluding carboxylic acids is 1. The highest BCUT2D eigenvalue weighted by Crippen LogP contribution is 2.19. The van der Waals surface area contributed by atoms with Gasteiger partial charge in [-0.1, -0.05) is 18.2 Å². The summed E-state index contributed by atoms with van der Waals surface area (Å²) < 4.78 is 51.5. The molecule has 0 saturated carbocycles. The maximum Gasteiger partial charge on any atom is 0.317 e. The summed E-state index contributed by atoms with van der Waals surface area (Å²) in [6.07, 6.45) is 4.27. The van der Waals surface area contributed by atoms with Gasteiger partial charge in [0, 0.05) is 31.4 Å². The van der Waals surface area contributed by atoms with Gasteiger partial charge < -0.3 is 10.2 Å². The standard InChI is InChI=1S/C17H28N4O5S2/c1-27(23,24)19-11-10-16-9-5-6-13-21(16)17(22)18-12-14-28(25,26)20-15-7-3-2-4-8-15/h2-4,7-8,16,19-20H,5-6,9-14H2,1H3,(H,18,22). The molecule has 1 aliphatic rings. The van der Waals surface area contributed by atoms with Gasteiger partial charge in [-0.2, -0.15) is 0 Å². The number of benzene rings is 1. The molecule has 0 bridgehead atoms. The smallest absolute Gasteiger partial charge is 0.317 e. The molecule has 2 amide bonds. The highest BCUT2D eigenvalue weighted by molar-refractivity contribution is 7.92. The van der Waals surface area contributed by atoms with Crippen LogP contribution in [0.2, 0.25) is 0 Å². The van der Waals surface area contributed by atoms with Gasteiger partial charge in [0.2, 0.25) is 20.0 Å². The van der Waals surface area contributed by atoms with E-state index in [0.29, 0.717) is 18.7 Å². The summed E-state index contributed by atoms with van der Waals surface area (Å²) in [6, 6.07) is 8.17. The Morgan fingerprint density at radius 1 is 1.11 bits per heavy atom. The van der Waals surface area contributed by atoms with Crippen molar-refractivity contribution in [3.05, 3.63) is 30.3 Å². The van der Waals surface area contributed by atoms with Crippen LogP contribution in [0.3, 0.4) is 0 Å². The second-order valence-corrected chi connectivity index (χ2v) is 10.5. The number of likely N-dealkylation sites (tertiary alicyclic amines) is 1. The molecule has 0 radical (unpaired) electrons. The fraction of sp³-hybridized carbons (Fsp3) is 0.588. The maximum absolute atomic E-state index is 12.5. The molecule has 1 heterocycles. The Labute approximate surface area is 167 Å². The lowest BCUT2D eigenvalue weighted by atomic mass is 10.00. The zero-order valence-corrected chi connectivity index (χ0v) is 17.6. The van der Waals surface area contributed by atoms with Gasteiger partial charge in [-0.3, -0.25) is 4.72 Å². The normalized spacial score (nSPS) is 17.9. The Morgan fingerprint density at radius 2 is 1.82 bits per heavy atom. The lowest BCUT2D eigenvalue weighted by molar-refractivity contribution is 0.147. The van der Waals surface area contributed by atoms with E-state index in [1.54, 1.807) is 35.2 Å². The van der Waals surface area contributed by atoms with Crippen LogP contribution >= 0.6 is 0 Å². The molecule has 1 atom stereocenters. The summed E-state index contributed by atoms with van der Waals surface area (Å²) in [4.78, 5) is 14.1. The molecule has 2 rings (SSSR count). The minimum atomic E-state index is -3.57. The third kappa shape index (κ3) is 8.03. The van der Waals surface area contributed by atoms with Gasteiger partial charge in [0.1, 0.15) is 0 Å². The van der Waals surface area contributed by atoms with E-state index >= 15 is 0 Å². The molecule has 1 aromatic rings. The molecule has 9 nitrogen and oxygen atoms in total. The average Bonchev–Trinajstić information content (AvgIpc) is 2.61. The molecule has 1 aromatic carbocycles. The first-order valence-electron chi connectivity index (χ1n) is 9.21. The third-order valence-electron chi connectivity index (χ3n) is 4.42. The van der Waals surface area contributed by atoms with Gasteiger partial charge in [0.25, 0.3) is 0 Å². The van der Waals surface area contributed by atoms with Crippen molar-refractivity contribution >= 4 is 31.8 Å². The van der Waals surface area contributed by atoms with E-state index in [4.69, 9.17) is 0 Å². The molecule has 1 fully saturated rings. The zero-order valence-electron chi connectivity index (χ0n) is 15.9.